The summed E-state index contributed by atoms with van der Waals surface area (Å²) in [6.45, 7) is -0.892. The molecule has 17 heavy (non-hydrogen) atoms. The number of nitrogens with one attached hydrogen (secondary N) is 1. The third-order valence-corrected chi connectivity index (χ3v) is 4.42. The molecule has 0 aromatic carbocycles. The summed E-state index contributed by atoms with van der Waals surface area (Å²) in [5.74, 6) is -3.90. The van der Waals surface area contributed by atoms with Gasteiger partial charge in [0.1, 0.15) is 0 Å². The summed E-state index contributed by atoms with van der Waals surface area (Å²) in [6.07, 6.45) is 3.95. The Morgan fingerprint density at radius 3 is 2.24 bits per heavy atom. The van der Waals surface area contributed by atoms with Gasteiger partial charge in [0.2, 0.25) is 0 Å². The van der Waals surface area contributed by atoms with Gasteiger partial charge in [-0.2, -0.15) is 8.78 Å². The molecular formula is C12H19F4N. The molecule has 0 aromatic heterocycles. The summed E-state index contributed by atoms with van der Waals surface area (Å²) in [6, 6.07) is 0.0208. The van der Waals surface area contributed by atoms with Crippen LogP contribution in [0.4, 0.5) is 17.6 Å². The fourth-order valence-electron chi connectivity index (χ4n) is 3.21. The minimum atomic E-state index is -3.90. The molecule has 0 aliphatic heterocycles. The Morgan fingerprint density at radius 1 is 1.12 bits per heavy atom. The second-order valence-corrected chi connectivity index (χ2v) is 5.46. The van der Waals surface area contributed by atoms with Crippen molar-refractivity contribution in [1.82, 2.24) is 5.32 Å². The fraction of sp³-hybridized carbons (Fsp3) is 1.00. The molecule has 0 heterocycles. The summed E-state index contributed by atoms with van der Waals surface area (Å²) in [5, 5.41) is 2.67. The van der Waals surface area contributed by atoms with Crippen LogP contribution in [0.2, 0.25) is 0 Å². The lowest BCUT2D eigenvalue weighted by Gasteiger charge is -2.53. The molecule has 100 valence electrons. The highest BCUT2D eigenvalue weighted by Gasteiger charge is 2.49. The van der Waals surface area contributed by atoms with Crippen molar-refractivity contribution < 1.29 is 17.6 Å². The first-order chi connectivity index (χ1) is 7.96. The van der Waals surface area contributed by atoms with E-state index < -0.39 is 18.9 Å². The molecular weight excluding hydrogens is 234 g/mol. The van der Waals surface area contributed by atoms with E-state index in [1.807, 2.05) is 0 Å². The van der Waals surface area contributed by atoms with Gasteiger partial charge in [-0.3, -0.25) is 0 Å². The molecule has 2 fully saturated rings. The van der Waals surface area contributed by atoms with Gasteiger partial charge in [-0.15, -0.1) is 0 Å². The van der Waals surface area contributed by atoms with Crippen LogP contribution in [0.25, 0.3) is 0 Å². The molecule has 2 aliphatic rings. The predicted octanol–water partition coefficient (Wildman–Crippen LogP) is 3.59. The van der Waals surface area contributed by atoms with E-state index in [4.69, 9.17) is 0 Å². The first-order valence-corrected chi connectivity index (χ1v) is 6.36. The molecule has 1 atom stereocenters. The molecule has 0 amide bonds. The maximum Gasteiger partial charge on any atom is 0.319 e. The lowest BCUT2D eigenvalue weighted by Crippen LogP contribution is -2.57. The zero-order valence-corrected chi connectivity index (χ0v) is 9.82. The average molecular weight is 253 g/mol. The average Bonchev–Trinajstić information content (AvgIpc) is 2.28. The maximum absolute atomic E-state index is 12.8. The van der Waals surface area contributed by atoms with Crippen molar-refractivity contribution in [3.63, 3.8) is 0 Å². The van der Waals surface area contributed by atoms with E-state index in [0.29, 0.717) is 0 Å². The Hall–Kier alpha value is -0.320. The van der Waals surface area contributed by atoms with Gasteiger partial charge in [-0.25, -0.2) is 8.78 Å². The van der Waals surface area contributed by atoms with Gasteiger partial charge in [0.25, 0.3) is 0 Å². The molecule has 2 aliphatic carbocycles. The number of alkyl halides is 4. The van der Waals surface area contributed by atoms with Gasteiger partial charge in [0.05, 0.1) is 6.54 Å². The first kappa shape index (κ1) is 13.1. The smallest absolute Gasteiger partial charge is 0.308 e. The van der Waals surface area contributed by atoms with Crippen LogP contribution in [0.3, 0.4) is 0 Å². The van der Waals surface area contributed by atoms with Crippen LogP contribution >= 0.6 is 0 Å². The molecule has 0 radical (unpaired) electrons. The molecule has 1 unspecified atom stereocenters. The number of hydrogen-bond acceptors (Lipinski definition) is 1. The topological polar surface area (TPSA) is 12.0 Å². The summed E-state index contributed by atoms with van der Waals surface area (Å²) in [7, 11) is 0. The van der Waals surface area contributed by atoms with Gasteiger partial charge in [-0.05, 0) is 31.1 Å². The Kier molecular flexibility index (Phi) is 3.66. The zero-order valence-electron chi connectivity index (χ0n) is 9.82. The number of halogens is 4. The maximum atomic E-state index is 12.8. The van der Waals surface area contributed by atoms with E-state index >= 15 is 0 Å². The van der Waals surface area contributed by atoms with Crippen LogP contribution in [0, 0.1) is 5.41 Å². The van der Waals surface area contributed by atoms with Gasteiger partial charge >= 0.3 is 12.3 Å². The lowest BCUT2D eigenvalue weighted by atomic mass is 9.57. The highest BCUT2D eigenvalue weighted by atomic mass is 19.3. The van der Waals surface area contributed by atoms with E-state index in [-0.39, 0.29) is 11.5 Å². The highest BCUT2D eigenvalue weighted by molar-refractivity contribution is 5.02. The normalized spacial score (nSPS) is 28.4. The summed E-state index contributed by atoms with van der Waals surface area (Å²) < 4.78 is 49.7. The second kappa shape index (κ2) is 4.75. The van der Waals surface area contributed by atoms with E-state index in [1.54, 1.807) is 0 Å². The van der Waals surface area contributed by atoms with Crippen molar-refractivity contribution in [3.8, 4) is 0 Å². The van der Waals surface area contributed by atoms with Crippen LogP contribution in [0.15, 0.2) is 0 Å². The van der Waals surface area contributed by atoms with Crippen molar-refractivity contribution in [2.24, 2.45) is 5.41 Å². The van der Waals surface area contributed by atoms with E-state index in [9.17, 15) is 17.6 Å². The van der Waals surface area contributed by atoms with Crippen molar-refractivity contribution in [2.75, 3.05) is 6.54 Å². The predicted molar refractivity (Wildman–Crippen MR) is 57.5 cm³/mol. The van der Waals surface area contributed by atoms with Gasteiger partial charge in [-0.1, -0.05) is 19.3 Å². The summed E-state index contributed by atoms with van der Waals surface area (Å²) in [5.41, 5.74) is 0.135. The molecule has 0 saturated heterocycles. The molecule has 5 heteroatoms. The van der Waals surface area contributed by atoms with Gasteiger partial charge in [0.15, 0.2) is 0 Å². The molecule has 0 aromatic rings. The lowest BCUT2D eigenvalue weighted by molar-refractivity contribution is -0.131. The molecule has 2 saturated carbocycles. The number of hydrogen-bond donors (Lipinski definition) is 1. The second-order valence-electron chi connectivity index (χ2n) is 5.46. The Labute approximate surface area is 99.0 Å². The first-order valence-electron chi connectivity index (χ1n) is 6.36. The van der Waals surface area contributed by atoms with E-state index in [1.165, 1.54) is 6.42 Å². The highest BCUT2D eigenvalue weighted by Crippen LogP contribution is 2.51. The molecule has 1 nitrogen and oxygen atoms in total. The monoisotopic (exact) mass is 253 g/mol. The Morgan fingerprint density at radius 2 is 1.76 bits per heavy atom. The van der Waals surface area contributed by atoms with Crippen molar-refractivity contribution >= 4 is 0 Å². The van der Waals surface area contributed by atoms with Crippen LogP contribution in [0.5, 0.6) is 0 Å². The minimum absolute atomic E-state index is 0.0208. The van der Waals surface area contributed by atoms with Crippen molar-refractivity contribution in [1.29, 1.82) is 0 Å². The van der Waals surface area contributed by atoms with Gasteiger partial charge < -0.3 is 5.32 Å². The fourth-order valence-corrected chi connectivity index (χ4v) is 3.21. The zero-order chi connectivity index (χ0) is 12.5. The SMILES string of the molecule is FC(F)C(F)(F)CNC1CCC12CCCCC2. The van der Waals surface area contributed by atoms with Crippen molar-refractivity contribution in [2.45, 2.75) is 63.3 Å². The van der Waals surface area contributed by atoms with Crippen LogP contribution in [-0.4, -0.2) is 24.9 Å². The molecule has 1 N–H and O–H groups in total. The minimum Gasteiger partial charge on any atom is -0.308 e. The quantitative estimate of drug-likeness (QED) is 0.755. The molecule has 2 rings (SSSR count). The largest absolute Gasteiger partial charge is 0.319 e. The van der Waals surface area contributed by atoms with Crippen LogP contribution in [-0.2, 0) is 0 Å². The van der Waals surface area contributed by atoms with E-state index in [0.717, 1.165) is 38.5 Å². The van der Waals surface area contributed by atoms with Crippen LogP contribution in [0.1, 0.15) is 44.9 Å². The van der Waals surface area contributed by atoms with Crippen molar-refractivity contribution in [3.05, 3.63) is 0 Å². The Balaban J connectivity index is 1.84. The van der Waals surface area contributed by atoms with Crippen LogP contribution < -0.4 is 5.32 Å². The van der Waals surface area contributed by atoms with E-state index in [2.05, 4.69) is 5.32 Å². The summed E-state index contributed by atoms with van der Waals surface area (Å²) in [4.78, 5) is 0. The standard InChI is InChI=1S/C12H19F4N/c13-10(14)12(15,16)8-17-9-4-7-11(9)5-2-1-3-6-11/h9-10,17H,1-8H2. The third-order valence-electron chi connectivity index (χ3n) is 4.42. The number of rotatable bonds is 4. The third kappa shape index (κ3) is 2.59. The summed E-state index contributed by atoms with van der Waals surface area (Å²) >= 11 is 0. The molecule has 0 bridgehead atoms. The Bertz CT molecular complexity index is 261. The van der Waals surface area contributed by atoms with Gasteiger partial charge in [0, 0.05) is 6.04 Å². The molecule has 1 spiro atoms.